The van der Waals surface area contributed by atoms with Gasteiger partial charge in [-0.1, -0.05) is 30.9 Å². The van der Waals surface area contributed by atoms with E-state index in [2.05, 4.69) is 16.9 Å². The first-order chi connectivity index (χ1) is 12.2. The fourth-order valence-electron chi connectivity index (χ4n) is 2.20. The number of nitrogens with one attached hydrogen (secondary N) is 1. The highest BCUT2D eigenvalue weighted by molar-refractivity contribution is 5.92. The van der Waals surface area contributed by atoms with Crippen LogP contribution in [0.25, 0.3) is 0 Å². The van der Waals surface area contributed by atoms with Crippen molar-refractivity contribution in [2.75, 3.05) is 26.1 Å². The number of aliphatic imine (C=N–C) groups is 1. The van der Waals surface area contributed by atoms with Crippen molar-refractivity contribution < 1.29 is 14.2 Å². The normalized spacial score (nSPS) is 10.9. The highest BCUT2D eigenvalue weighted by Crippen LogP contribution is 2.29. The van der Waals surface area contributed by atoms with Crippen LogP contribution in [-0.2, 0) is 6.54 Å². The van der Waals surface area contributed by atoms with Gasteiger partial charge < -0.3 is 25.3 Å². The van der Waals surface area contributed by atoms with Crippen molar-refractivity contribution in [1.82, 2.24) is 0 Å². The molecule has 0 saturated carbocycles. The molecule has 132 valence electrons. The molecule has 0 radical (unpaired) electrons. The minimum atomic E-state index is 0.297. The Balaban J connectivity index is 2.06. The molecule has 0 aliphatic rings. The minimum Gasteiger partial charge on any atom is -0.493 e. The van der Waals surface area contributed by atoms with E-state index in [-0.39, 0.29) is 0 Å². The standard InChI is InChI=1S/C19H23N3O3/c1-4-11-25-16-8-6-5-7-14(16)13-21-19(20)22-15-9-10-17(23-2)18(12-15)24-3/h4-10,12H,1,11,13H2,2-3H3,(H3,20,21,22). The molecule has 2 aromatic carbocycles. The summed E-state index contributed by atoms with van der Waals surface area (Å²) in [7, 11) is 3.17. The highest BCUT2D eigenvalue weighted by atomic mass is 16.5. The largest absolute Gasteiger partial charge is 0.493 e. The number of benzene rings is 2. The fraction of sp³-hybridized carbons (Fsp3) is 0.211. The Labute approximate surface area is 147 Å². The number of ether oxygens (including phenoxy) is 3. The fourth-order valence-corrected chi connectivity index (χ4v) is 2.20. The van der Waals surface area contributed by atoms with E-state index in [0.717, 1.165) is 17.0 Å². The minimum absolute atomic E-state index is 0.297. The molecule has 0 aliphatic carbocycles. The number of nitrogens with two attached hydrogens (primary N) is 1. The van der Waals surface area contributed by atoms with Crippen LogP contribution in [0.4, 0.5) is 5.69 Å². The van der Waals surface area contributed by atoms with Gasteiger partial charge in [-0.05, 0) is 18.2 Å². The zero-order chi connectivity index (χ0) is 18.1. The van der Waals surface area contributed by atoms with E-state index in [0.29, 0.717) is 30.6 Å². The van der Waals surface area contributed by atoms with Crippen molar-refractivity contribution in [2.24, 2.45) is 10.7 Å². The summed E-state index contributed by atoms with van der Waals surface area (Å²) in [5, 5.41) is 3.04. The van der Waals surface area contributed by atoms with Crippen molar-refractivity contribution in [3.8, 4) is 17.2 Å². The van der Waals surface area contributed by atoms with Gasteiger partial charge in [0.1, 0.15) is 12.4 Å². The Bertz CT molecular complexity index is 744. The molecule has 0 saturated heterocycles. The van der Waals surface area contributed by atoms with Gasteiger partial charge in [0.05, 0.1) is 20.8 Å². The van der Waals surface area contributed by atoms with Gasteiger partial charge in [-0.3, -0.25) is 0 Å². The summed E-state index contributed by atoms with van der Waals surface area (Å²) >= 11 is 0. The molecule has 0 spiro atoms. The third-order valence-corrected chi connectivity index (χ3v) is 3.40. The topological polar surface area (TPSA) is 78.1 Å². The summed E-state index contributed by atoms with van der Waals surface area (Å²) in [6, 6.07) is 13.1. The molecule has 0 bridgehead atoms. The van der Waals surface area contributed by atoms with Gasteiger partial charge in [-0.2, -0.15) is 0 Å². The molecule has 0 heterocycles. The first kappa shape index (κ1) is 18.2. The number of anilines is 1. The van der Waals surface area contributed by atoms with Gasteiger partial charge in [0.15, 0.2) is 17.5 Å². The number of para-hydroxylation sites is 1. The molecule has 0 fully saturated rings. The molecule has 2 aromatic rings. The monoisotopic (exact) mass is 341 g/mol. The third-order valence-electron chi connectivity index (χ3n) is 3.40. The number of nitrogens with zero attached hydrogens (tertiary/aromatic N) is 1. The summed E-state index contributed by atoms with van der Waals surface area (Å²) in [4.78, 5) is 4.36. The summed E-state index contributed by atoms with van der Waals surface area (Å²) in [6.45, 7) is 4.50. The van der Waals surface area contributed by atoms with Gasteiger partial charge in [0, 0.05) is 17.3 Å². The van der Waals surface area contributed by atoms with Gasteiger partial charge in [0.2, 0.25) is 0 Å². The second kappa shape index (κ2) is 9.22. The van der Waals surface area contributed by atoms with E-state index < -0.39 is 0 Å². The van der Waals surface area contributed by atoms with Crippen LogP contribution in [-0.4, -0.2) is 26.8 Å². The maximum Gasteiger partial charge on any atom is 0.193 e. The lowest BCUT2D eigenvalue weighted by molar-refractivity contribution is 0.355. The van der Waals surface area contributed by atoms with Gasteiger partial charge in [-0.25, -0.2) is 4.99 Å². The second-order valence-corrected chi connectivity index (χ2v) is 5.10. The summed E-state index contributed by atoms with van der Waals surface area (Å²) in [5.74, 6) is 2.33. The lowest BCUT2D eigenvalue weighted by atomic mass is 10.2. The molecule has 6 heteroatoms. The quantitative estimate of drug-likeness (QED) is 0.438. The maximum absolute atomic E-state index is 5.98. The number of hydrogen-bond acceptors (Lipinski definition) is 4. The van der Waals surface area contributed by atoms with Crippen LogP contribution in [0.1, 0.15) is 5.56 Å². The predicted molar refractivity (Wildman–Crippen MR) is 101 cm³/mol. The van der Waals surface area contributed by atoms with Crippen molar-refractivity contribution >= 4 is 11.6 Å². The van der Waals surface area contributed by atoms with Crippen LogP contribution in [0.3, 0.4) is 0 Å². The van der Waals surface area contributed by atoms with Gasteiger partial charge in [-0.15, -0.1) is 0 Å². The average Bonchev–Trinajstić information content (AvgIpc) is 2.65. The Kier molecular flexibility index (Phi) is 6.71. The Hall–Kier alpha value is -3.15. The van der Waals surface area contributed by atoms with Crippen LogP contribution >= 0.6 is 0 Å². The summed E-state index contributed by atoms with van der Waals surface area (Å²) in [5.41, 5.74) is 7.68. The Morgan fingerprint density at radius 3 is 2.60 bits per heavy atom. The van der Waals surface area contributed by atoms with Crippen LogP contribution in [0.15, 0.2) is 60.1 Å². The van der Waals surface area contributed by atoms with Gasteiger partial charge >= 0.3 is 0 Å². The van der Waals surface area contributed by atoms with Crippen LogP contribution in [0.5, 0.6) is 17.2 Å². The third kappa shape index (κ3) is 5.17. The molecule has 25 heavy (non-hydrogen) atoms. The second-order valence-electron chi connectivity index (χ2n) is 5.10. The zero-order valence-electron chi connectivity index (χ0n) is 14.5. The first-order valence-electron chi connectivity index (χ1n) is 7.78. The molecule has 3 N–H and O–H groups in total. The molecule has 0 atom stereocenters. The number of rotatable bonds is 8. The van der Waals surface area contributed by atoms with Crippen molar-refractivity contribution in [1.29, 1.82) is 0 Å². The van der Waals surface area contributed by atoms with E-state index in [4.69, 9.17) is 19.9 Å². The molecule has 0 unspecified atom stereocenters. The van der Waals surface area contributed by atoms with E-state index in [1.165, 1.54) is 0 Å². The Morgan fingerprint density at radius 1 is 1.12 bits per heavy atom. The van der Waals surface area contributed by atoms with Crippen molar-refractivity contribution in [2.45, 2.75) is 6.54 Å². The molecular formula is C19H23N3O3. The predicted octanol–water partition coefficient (Wildman–Crippen LogP) is 3.20. The molecule has 0 aromatic heterocycles. The first-order valence-corrected chi connectivity index (χ1v) is 7.78. The number of methoxy groups -OCH3 is 2. The van der Waals surface area contributed by atoms with E-state index in [1.807, 2.05) is 30.3 Å². The van der Waals surface area contributed by atoms with Gasteiger partial charge in [0.25, 0.3) is 0 Å². The van der Waals surface area contributed by atoms with Crippen LogP contribution in [0.2, 0.25) is 0 Å². The van der Waals surface area contributed by atoms with E-state index in [1.54, 1.807) is 32.4 Å². The Morgan fingerprint density at radius 2 is 1.88 bits per heavy atom. The smallest absolute Gasteiger partial charge is 0.193 e. The zero-order valence-corrected chi connectivity index (χ0v) is 14.5. The van der Waals surface area contributed by atoms with Crippen molar-refractivity contribution in [3.63, 3.8) is 0 Å². The van der Waals surface area contributed by atoms with Crippen molar-refractivity contribution in [3.05, 3.63) is 60.7 Å². The van der Waals surface area contributed by atoms with E-state index >= 15 is 0 Å². The highest BCUT2D eigenvalue weighted by Gasteiger charge is 2.06. The lowest BCUT2D eigenvalue weighted by Crippen LogP contribution is -2.22. The average molecular weight is 341 g/mol. The molecule has 6 nitrogen and oxygen atoms in total. The molecule has 0 amide bonds. The van der Waals surface area contributed by atoms with E-state index in [9.17, 15) is 0 Å². The molecule has 0 aliphatic heterocycles. The SMILES string of the molecule is C=CCOc1ccccc1CN=C(N)Nc1ccc(OC)c(OC)c1. The van der Waals surface area contributed by atoms with Crippen LogP contribution < -0.4 is 25.3 Å². The number of guanidine groups is 1. The molecular weight excluding hydrogens is 318 g/mol. The summed E-state index contributed by atoms with van der Waals surface area (Å²) in [6.07, 6.45) is 1.70. The summed E-state index contributed by atoms with van der Waals surface area (Å²) < 4.78 is 16.1. The maximum atomic E-state index is 5.98. The molecule has 2 rings (SSSR count). The van der Waals surface area contributed by atoms with Crippen LogP contribution in [0, 0.1) is 0 Å². The lowest BCUT2D eigenvalue weighted by Gasteiger charge is -2.11. The number of hydrogen-bond donors (Lipinski definition) is 2.